The summed E-state index contributed by atoms with van der Waals surface area (Å²) in [6.07, 6.45) is 1.65. The van der Waals surface area contributed by atoms with Crippen LogP contribution in [-0.2, 0) is 0 Å². The molecule has 0 unspecified atom stereocenters. The monoisotopic (exact) mass is 368 g/mol. The molecule has 0 atom stereocenters. The van der Waals surface area contributed by atoms with Crippen LogP contribution in [0.4, 0.5) is 5.82 Å². The van der Waals surface area contributed by atoms with Crippen molar-refractivity contribution in [3.05, 3.63) is 56.6 Å². The molecule has 3 nitrogen and oxygen atoms in total. The molecule has 0 aliphatic rings. The molecule has 1 aromatic carbocycles. The highest BCUT2D eigenvalue weighted by Crippen LogP contribution is 2.22. The van der Waals surface area contributed by atoms with Crippen LogP contribution in [-0.4, -0.2) is 10.9 Å². The van der Waals surface area contributed by atoms with Gasteiger partial charge in [0.25, 0.3) is 5.91 Å². The van der Waals surface area contributed by atoms with Crippen LogP contribution in [0.15, 0.2) is 45.5 Å². The maximum Gasteiger partial charge on any atom is 0.258 e. The summed E-state index contributed by atoms with van der Waals surface area (Å²) in [5.41, 5.74) is 1.49. The number of nitrogens with zero attached hydrogens (tertiary/aromatic N) is 1. The van der Waals surface area contributed by atoms with Crippen molar-refractivity contribution in [2.75, 3.05) is 5.32 Å². The Kier molecular flexibility index (Phi) is 4.14. The van der Waals surface area contributed by atoms with Gasteiger partial charge in [-0.15, -0.1) is 0 Å². The van der Waals surface area contributed by atoms with E-state index in [0.29, 0.717) is 11.4 Å². The van der Waals surface area contributed by atoms with Crippen molar-refractivity contribution >= 4 is 43.6 Å². The Balaban J connectivity index is 2.28. The summed E-state index contributed by atoms with van der Waals surface area (Å²) in [5.74, 6) is 0.388. The summed E-state index contributed by atoms with van der Waals surface area (Å²) in [5, 5.41) is 2.79. The first-order chi connectivity index (χ1) is 8.58. The van der Waals surface area contributed by atoms with E-state index in [9.17, 15) is 4.79 Å². The van der Waals surface area contributed by atoms with Crippen molar-refractivity contribution < 1.29 is 4.79 Å². The molecule has 0 saturated carbocycles. The predicted octanol–water partition coefficient (Wildman–Crippen LogP) is 4.17. The van der Waals surface area contributed by atoms with E-state index in [2.05, 4.69) is 42.2 Å². The van der Waals surface area contributed by atoms with Gasteiger partial charge < -0.3 is 5.32 Å². The number of nitrogens with one attached hydrogen (secondary N) is 1. The molecule has 2 aromatic rings. The van der Waals surface area contributed by atoms with E-state index < -0.39 is 0 Å². The smallest absolute Gasteiger partial charge is 0.258 e. The lowest BCUT2D eigenvalue weighted by molar-refractivity contribution is 0.102. The van der Waals surface area contributed by atoms with Crippen LogP contribution in [0.5, 0.6) is 0 Å². The van der Waals surface area contributed by atoms with E-state index in [0.717, 1.165) is 14.5 Å². The van der Waals surface area contributed by atoms with Crippen molar-refractivity contribution in [3.8, 4) is 0 Å². The van der Waals surface area contributed by atoms with Crippen molar-refractivity contribution in [1.82, 2.24) is 4.98 Å². The van der Waals surface area contributed by atoms with E-state index in [-0.39, 0.29) is 5.91 Å². The Bertz CT molecular complexity index is 599. The summed E-state index contributed by atoms with van der Waals surface area (Å²) in [6, 6.07) is 9.19. The lowest BCUT2D eigenvalue weighted by atomic mass is 10.2. The molecule has 0 spiro atoms. The predicted molar refractivity (Wildman–Crippen MR) is 78.8 cm³/mol. The van der Waals surface area contributed by atoms with E-state index in [4.69, 9.17) is 0 Å². The highest BCUT2D eigenvalue weighted by atomic mass is 79.9. The molecule has 1 N–H and O–H groups in total. The van der Waals surface area contributed by atoms with Gasteiger partial charge in [0.15, 0.2) is 0 Å². The maximum atomic E-state index is 12.1. The zero-order valence-corrected chi connectivity index (χ0v) is 12.7. The second kappa shape index (κ2) is 5.63. The summed E-state index contributed by atoms with van der Waals surface area (Å²) < 4.78 is 1.60. The lowest BCUT2D eigenvalue weighted by Gasteiger charge is -2.08. The average Bonchev–Trinajstić information content (AvgIpc) is 2.35. The number of benzene rings is 1. The Morgan fingerprint density at radius 1 is 1.28 bits per heavy atom. The molecule has 0 aliphatic carbocycles. The highest BCUT2D eigenvalue weighted by molar-refractivity contribution is 9.11. The number of hydrogen-bond donors (Lipinski definition) is 1. The number of aryl methyl sites for hydroxylation is 1. The van der Waals surface area contributed by atoms with Gasteiger partial charge in [0.05, 0.1) is 5.56 Å². The number of rotatable bonds is 2. The van der Waals surface area contributed by atoms with Gasteiger partial charge in [-0.2, -0.15) is 0 Å². The van der Waals surface area contributed by atoms with Gasteiger partial charge in [-0.25, -0.2) is 4.98 Å². The number of carbonyl (C=O) groups is 1. The van der Waals surface area contributed by atoms with Gasteiger partial charge in [-0.3, -0.25) is 4.79 Å². The Morgan fingerprint density at radius 3 is 2.78 bits per heavy atom. The zero-order valence-electron chi connectivity index (χ0n) is 9.58. The average molecular weight is 370 g/mol. The summed E-state index contributed by atoms with van der Waals surface area (Å²) in [6.45, 7) is 1.90. The number of anilines is 1. The van der Waals surface area contributed by atoms with Crippen LogP contribution in [0, 0.1) is 6.92 Å². The molecule has 0 aliphatic heterocycles. The molecule has 1 heterocycles. The third-order valence-electron chi connectivity index (χ3n) is 2.41. The first-order valence-electron chi connectivity index (χ1n) is 5.26. The van der Waals surface area contributed by atoms with Crippen LogP contribution in [0.1, 0.15) is 15.9 Å². The van der Waals surface area contributed by atoms with E-state index in [1.165, 1.54) is 0 Å². The Morgan fingerprint density at radius 2 is 2.06 bits per heavy atom. The summed E-state index contributed by atoms with van der Waals surface area (Å²) >= 11 is 6.71. The second-order valence-corrected chi connectivity index (χ2v) is 5.52. The quantitative estimate of drug-likeness (QED) is 0.863. The SMILES string of the molecule is Cc1cccnc1NC(=O)c1cc(Br)ccc1Br. The molecule has 1 aromatic heterocycles. The van der Waals surface area contributed by atoms with Crippen molar-refractivity contribution in [2.45, 2.75) is 6.92 Å². The fourth-order valence-corrected chi connectivity index (χ4v) is 2.25. The van der Waals surface area contributed by atoms with Gasteiger partial charge >= 0.3 is 0 Å². The van der Waals surface area contributed by atoms with Gasteiger partial charge in [-0.1, -0.05) is 22.0 Å². The van der Waals surface area contributed by atoms with Crippen molar-refractivity contribution in [3.63, 3.8) is 0 Å². The standard InChI is InChI=1S/C13H10Br2N2O/c1-8-3-2-6-16-12(8)17-13(18)10-7-9(14)4-5-11(10)15/h2-7H,1H3,(H,16,17,18). The number of halogens is 2. The molecule has 92 valence electrons. The van der Waals surface area contributed by atoms with Gasteiger partial charge in [0.2, 0.25) is 0 Å². The van der Waals surface area contributed by atoms with Gasteiger partial charge in [0, 0.05) is 15.1 Å². The number of pyridine rings is 1. The van der Waals surface area contributed by atoms with Crippen LogP contribution in [0.25, 0.3) is 0 Å². The maximum absolute atomic E-state index is 12.1. The van der Waals surface area contributed by atoms with E-state index >= 15 is 0 Å². The minimum Gasteiger partial charge on any atom is -0.306 e. The van der Waals surface area contributed by atoms with Crippen LogP contribution >= 0.6 is 31.9 Å². The second-order valence-electron chi connectivity index (χ2n) is 3.75. The normalized spacial score (nSPS) is 10.2. The van der Waals surface area contributed by atoms with Crippen LogP contribution < -0.4 is 5.32 Å². The summed E-state index contributed by atoms with van der Waals surface area (Å²) in [4.78, 5) is 16.3. The minimum atomic E-state index is -0.190. The number of aromatic nitrogens is 1. The fraction of sp³-hybridized carbons (Fsp3) is 0.0769. The molecular formula is C13H10Br2N2O. The van der Waals surface area contributed by atoms with Crippen LogP contribution in [0.2, 0.25) is 0 Å². The number of amides is 1. The third-order valence-corrected chi connectivity index (χ3v) is 3.60. The molecular weight excluding hydrogens is 360 g/mol. The number of carbonyl (C=O) groups excluding carboxylic acids is 1. The topological polar surface area (TPSA) is 42.0 Å². The number of hydrogen-bond acceptors (Lipinski definition) is 2. The molecule has 18 heavy (non-hydrogen) atoms. The Labute approximate surface area is 122 Å². The van der Waals surface area contributed by atoms with Crippen molar-refractivity contribution in [1.29, 1.82) is 0 Å². The highest BCUT2D eigenvalue weighted by Gasteiger charge is 2.12. The largest absolute Gasteiger partial charge is 0.306 e. The van der Waals surface area contributed by atoms with Crippen LogP contribution in [0.3, 0.4) is 0 Å². The molecule has 0 saturated heterocycles. The molecule has 0 bridgehead atoms. The van der Waals surface area contributed by atoms with Gasteiger partial charge in [-0.05, 0) is 52.7 Å². The van der Waals surface area contributed by atoms with E-state index in [1.54, 1.807) is 12.3 Å². The fourth-order valence-electron chi connectivity index (χ4n) is 1.46. The Hall–Kier alpha value is -1.20. The lowest BCUT2D eigenvalue weighted by Crippen LogP contribution is -2.14. The van der Waals surface area contributed by atoms with Gasteiger partial charge in [0.1, 0.15) is 5.82 Å². The summed E-state index contributed by atoms with van der Waals surface area (Å²) in [7, 11) is 0. The van der Waals surface area contributed by atoms with E-state index in [1.807, 2.05) is 31.2 Å². The molecule has 2 rings (SSSR count). The molecule has 5 heteroatoms. The molecule has 1 amide bonds. The first-order valence-corrected chi connectivity index (χ1v) is 6.84. The zero-order chi connectivity index (χ0) is 13.1. The van der Waals surface area contributed by atoms with Crippen molar-refractivity contribution in [2.24, 2.45) is 0 Å². The molecule has 0 fully saturated rings. The first kappa shape index (κ1) is 13.2. The minimum absolute atomic E-state index is 0.190. The molecule has 0 radical (unpaired) electrons. The third kappa shape index (κ3) is 2.97.